The quantitative estimate of drug-likeness (QED) is 0.0986. The third-order valence-electron chi connectivity index (χ3n) is 7.02. The molecule has 1 aromatic heterocycles. The summed E-state index contributed by atoms with van der Waals surface area (Å²) in [5.41, 5.74) is -0.0986. The van der Waals surface area contributed by atoms with Crippen molar-refractivity contribution in [2.24, 2.45) is 0 Å². The molecule has 1 fully saturated rings. The van der Waals surface area contributed by atoms with Crippen molar-refractivity contribution in [2.75, 3.05) is 6.61 Å². The first-order valence-corrected chi connectivity index (χ1v) is 20.7. The number of rotatable bonds is 13. The zero-order valence-electron chi connectivity index (χ0n) is 21.6. The molecule has 1 aromatic carbocycles. The van der Waals surface area contributed by atoms with Crippen LogP contribution in [0.5, 0.6) is 0 Å². The molecule has 0 amide bonds. The zero-order chi connectivity index (χ0) is 26.2. The topological polar surface area (TPSA) is 25.4 Å². The molecule has 0 saturated carbocycles. The van der Waals surface area contributed by atoms with E-state index in [2.05, 4.69) is 35.6 Å². The molecule has 2 unspecified atom stereocenters. The Hall–Kier alpha value is -1.59. The molecule has 1 saturated heterocycles. The number of pyridine rings is 1. The normalized spacial score (nSPS) is 16.4. The Balaban J connectivity index is 1.87. The van der Waals surface area contributed by atoms with Gasteiger partial charge in [0, 0.05) is 0 Å². The molecule has 2 atom stereocenters. The summed E-state index contributed by atoms with van der Waals surface area (Å²) in [6, 6.07) is 5.55. The number of benzene rings is 1. The van der Waals surface area contributed by atoms with Crippen LogP contribution in [0.2, 0.25) is 13.3 Å². The summed E-state index contributed by atoms with van der Waals surface area (Å²) in [5, 5.41) is 0. The molecule has 36 heavy (non-hydrogen) atoms. The number of nitrogens with zero attached hydrogens (tertiary/aromatic N) is 1. The fraction of sp³-hybridized carbons (Fsp3) is 0.552. The van der Waals surface area contributed by atoms with Crippen molar-refractivity contribution in [3.63, 3.8) is 0 Å². The Bertz CT molecular complexity index is 1020. The minimum absolute atomic E-state index is 0.100. The molecule has 0 spiro atoms. The fourth-order valence-electron chi connectivity index (χ4n) is 4.77. The van der Waals surface area contributed by atoms with Crippen LogP contribution in [0.15, 0.2) is 36.5 Å². The van der Waals surface area contributed by atoms with Crippen LogP contribution < -0.4 is 0 Å². The van der Waals surface area contributed by atoms with Gasteiger partial charge in [-0.2, -0.15) is 0 Å². The maximum absolute atomic E-state index is 15.6. The van der Waals surface area contributed by atoms with Crippen molar-refractivity contribution in [3.05, 3.63) is 65.0 Å². The van der Waals surface area contributed by atoms with Crippen molar-refractivity contribution in [3.8, 4) is 9.86 Å². The molecule has 1 aliphatic rings. The predicted octanol–water partition coefficient (Wildman–Crippen LogP) is 8.37. The summed E-state index contributed by atoms with van der Waals surface area (Å²) < 4.78 is 71.5. The Morgan fingerprint density at radius 3 is 2.08 bits per heavy atom. The summed E-state index contributed by atoms with van der Waals surface area (Å²) in [6.07, 6.45) is 7.63. The van der Waals surface area contributed by atoms with Crippen molar-refractivity contribution in [1.82, 2.24) is 4.98 Å². The number of halogens is 4. The van der Waals surface area contributed by atoms with Crippen LogP contribution in [0.25, 0.3) is 0 Å². The van der Waals surface area contributed by atoms with E-state index in [0.29, 0.717) is 11.6 Å². The van der Waals surface area contributed by atoms with Gasteiger partial charge in [-0.25, -0.2) is 4.39 Å². The first-order valence-electron chi connectivity index (χ1n) is 13.2. The van der Waals surface area contributed by atoms with Crippen LogP contribution in [0, 0.1) is 21.5 Å². The van der Waals surface area contributed by atoms with Gasteiger partial charge < -0.3 is 0 Å². The van der Waals surface area contributed by atoms with Gasteiger partial charge in [0.25, 0.3) is 0 Å². The van der Waals surface area contributed by atoms with Crippen molar-refractivity contribution in [1.29, 1.82) is 0 Å². The standard InChI is InChI=1S/C17H10F4NO.3C4H9.Sn/c1-2-10-3-6-15(22-8-10)17(20,21)16(14-9-23-14)12-5-4-11(18)7-13(12)19;3*1-3-4-2;/h3-8,14,16H,9H2;3*1,3-4H2,2H3;. The minimum atomic E-state index is -3.49. The molecule has 3 rings (SSSR count). The van der Waals surface area contributed by atoms with Crippen LogP contribution in [0.1, 0.15) is 82.0 Å². The van der Waals surface area contributed by atoms with E-state index in [4.69, 9.17) is 4.74 Å². The Labute approximate surface area is 217 Å². The van der Waals surface area contributed by atoms with E-state index in [9.17, 15) is 8.78 Å². The van der Waals surface area contributed by atoms with Gasteiger partial charge in [0.2, 0.25) is 0 Å². The van der Waals surface area contributed by atoms with Crippen LogP contribution >= 0.6 is 0 Å². The third-order valence-corrected chi connectivity index (χ3v) is 20.1. The molecule has 0 N–H and O–H groups in total. The summed E-state index contributed by atoms with van der Waals surface area (Å²) >= 11 is -2.68. The monoisotopic (exact) mass is 611 g/mol. The predicted molar refractivity (Wildman–Crippen MR) is 139 cm³/mol. The van der Waals surface area contributed by atoms with E-state index >= 15 is 8.78 Å². The summed E-state index contributed by atoms with van der Waals surface area (Å²) in [5.74, 6) is -3.57. The zero-order valence-corrected chi connectivity index (χ0v) is 24.4. The number of aromatic nitrogens is 1. The van der Waals surface area contributed by atoms with E-state index in [-0.39, 0.29) is 12.2 Å². The molecule has 0 radical (unpaired) electrons. The first kappa shape index (κ1) is 29.0. The fourth-order valence-corrected chi connectivity index (χ4v) is 18.0. The van der Waals surface area contributed by atoms with Crippen molar-refractivity contribution >= 4 is 18.4 Å². The summed E-state index contributed by atoms with van der Waals surface area (Å²) in [4.78, 5) is 4.06. The molecular formula is C29H37F4NOSn. The maximum atomic E-state index is 15.6. The summed E-state index contributed by atoms with van der Waals surface area (Å²) in [7, 11) is 0. The van der Waals surface area contributed by atoms with Gasteiger partial charge in [-0.1, -0.05) is 0 Å². The number of hydrogen-bond acceptors (Lipinski definition) is 2. The second-order valence-corrected chi connectivity index (χ2v) is 22.2. The van der Waals surface area contributed by atoms with Gasteiger partial charge in [0.05, 0.1) is 0 Å². The average molecular weight is 610 g/mol. The van der Waals surface area contributed by atoms with E-state index < -0.39 is 53.6 Å². The number of ether oxygens (including phenoxy) is 1. The van der Waals surface area contributed by atoms with Crippen molar-refractivity contribution < 1.29 is 22.3 Å². The molecule has 1 aliphatic heterocycles. The van der Waals surface area contributed by atoms with Crippen molar-refractivity contribution in [2.45, 2.75) is 90.6 Å². The van der Waals surface area contributed by atoms with E-state index in [1.165, 1.54) is 44.8 Å². The van der Waals surface area contributed by atoms with Crippen LogP contribution in [-0.4, -0.2) is 36.1 Å². The van der Waals surface area contributed by atoms with Gasteiger partial charge >= 0.3 is 213 Å². The molecule has 7 heteroatoms. The van der Waals surface area contributed by atoms with Gasteiger partial charge in [0.1, 0.15) is 0 Å². The SMILES string of the molecule is CCC[CH2][Sn]([C]#Cc1ccc(C(F)(F)C(c2ccc(F)cc2F)C2CO2)nc1)([CH2]CCC)[CH2]CCC. The van der Waals surface area contributed by atoms with Gasteiger partial charge in [-0.15, -0.1) is 0 Å². The molecule has 196 valence electrons. The molecular weight excluding hydrogens is 573 g/mol. The average Bonchev–Trinajstić information content (AvgIpc) is 3.70. The van der Waals surface area contributed by atoms with Crippen LogP contribution in [-0.2, 0) is 10.7 Å². The van der Waals surface area contributed by atoms with E-state index in [1.54, 1.807) is 6.07 Å². The number of epoxide rings is 1. The Kier molecular flexibility index (Phi) is 10.7. The molecule has 2 nitrogen and oxygen atoms in total. The van der Waals surface area contributed by atoms with Crippen LogP contribution in [0.3, 0.4) is 0 Å². The molecule has 2 heterocycles. The number of hydrogen-bond donors (Lipinski definition) is 0. The Morgan fingerprint density at radius 2 is 1.61 bits per heavy atom. The number of alkyl halides is 2. The molecule has 0 bridgehead atoms. The van der Waals surface area contributed by atoms with Gasteiger partial charge in [-0.3, -0.25) is 0 Å². The van der Waals surface area contributed by atoms with E-state index in [0.717, 1.165) is 31.4 Å². The number of unbranched alkanes of at least 4 members (excludes halogenated alkanes) is 3. The Morgan fingerprint density at radius 1 is 1.00 bits per heavy atom. The third kappa shape index (κ3) is 7.47. The van der Waals surface area contributed by atoms with Crippen LogP contribution in [0.4, 0.5) is 17.6 Å². The second kappa shape index (κ2) is 13.3. The first-order chi connectivity index (χ1) is 17.3. The van der Waals surface area contributed by atoms with Gasteiger partial charge in [0.15, 0.2) is 0 Å². The summed E-state index contributed by atoms with van der Waals surface area (Å²) in [6.45, 7) is 6.74. The molecule has 2 aromatic rings. The van der Waals surface area contributed by atoms with Gasteiger partial charge in [-0.05, 0) is 0 Å². The molecule has 0 aliphatic carbocycles. The second-order valence-electron chi connectivity index (χ2n) is 9.91. The van der Waals surface area contributed by atoms with E-state index in [1.807, 2.05) is 0 Å².